The molecule has 0 atom stereocenters. The highest BCUT2D eigenvalue weighted by molar-refractivity contribution is 9.10. The fourth-order valence-electron chi connectivity index (χ4n) is 1.52. The Morgan fingerprint density at radius 2 is 1.95 bits per heavy atom. The van der Waals surface area contributed by atoms with Crippen molar-refractivity contribution in [2.75, 3.05) is 11.1 Å². The van der Waals surface area contributed by atoms with Gasteiger partial charge in [0.2, 0.25) is 0 Å². The number of nitrogens with two attached hydrogens (primary N) is 1. The molecule has 4 nitrogen and oxygen atoms in total. The standard InChI is InChI=1S/C13H9BrF3N3O/c14-9-3-2-8(18)5-11(9)20-12(21)10-4-1-7(6-19-10)13(15,16)17/h1-6H,18H2,(H,20,21). The van der Waals surface area contributed by atoms with Gasteiger partial charge >= 0.3 is 6.18 Å². The number of hydrogen-bond acceptors (Lipinski definition) is 3. The van der Waals surface area contributed by atoms with Gasteiger partial charge in [-0.2, -0.15) is 13.2 Å². The summed E-state index contributed by atoms with van der Waals surface area (Å²) in [6, 6.07) is 6.61. The van der Waals surface area contributed by atoms with E-state index >= 15 is 0 Å². The molecule has 0 spiro atoms. The summed E-state index contributed by atoms with van der Waals surface area (Å²) in [4.78, 5) is 15.4. The van der Waals surface area contributed by atoms with Crippen LogP contribution in [0.2, 0.25) is 0 Å². The summed E-state index contributed by atoms with van der Waals surface area (Å²) in [5.41, 5.74) is 5.40. The Labute approximate surface area is 126 Å². The Bertz CT molecular complexity index is 671. The van der Waals surface area contributed by atoms with E-state index in [0.29, 0.717) is 22.0 Å². The van der Waals surface area contributed by atoms with E-state index in [0.717, 1.165) is 12.1 Å². The predicted molar refractivity (Wildman–Crippen MR) is 75.7 cm³/mol. The first-order valence-corrected chi connectivity index (χ1v) is 6.46. The third-order valence-electron chi connectivity index (χ3n) is 2.56. The monoisotopic (exact) mass is 359 g/mol. The van der Waals surface area contributed by atoms with Gasteiger partial charge in [0.05, 0.1) is 11.3 Å². The van der Waals surface area contributed by atoms with Crippen molar-refractivity contribution in [2.45, 2.75) is 6.18 Å². The van der Waals surface area contributed by atoms with E-state index in [1.54, 1.807) is 12.1 Å². The lowest BCUT2D eigenvalue weighted by Gasteiger charge is -2.09. The van der Waals surface area contributed by atoms with E-state index in [1.165, 1.54) is 6.07 Å². The maximum Gasteiger partial charge on any atom is 0.417 e. The van der Waals surface area contributed by atoms with Crippen molar-refractivity contribution < 1.29 is 18.0 Å². The molecule has 3 N–H and O–H groups in total. The van der Waals surface area contributed by atoms with Crippen molar-refractivity contribution in [3.05, 3.63) is 52.3 Å². The van der Waals surface area contributed by atoms with E-state index < -0.39 is 17.6 Å². The van der Waals surface area contributed by atoms with Crippen LogP contribution in [0, 0.1) is 0 Å². The number of aromatic nitrogens is 1. The number of amides is 1. The normalized spacial score (nSPS) is 11.2. The summed E-state index contributed by atoms with van der Waals surface area (Å²) in [6.45, 7) is 0. The summed E-state index contributed by atoms with van der Waals surface area (Å²) in [7, 11) is 0. The highest BCUT2D eigenvalue weighted by atomic mass is 79.9. The molecule has 0 aliphatic heterocycles. The van der Waals surface area contributed by atoms with Gasteiger partial charge in [-0.1, -0.05) is 0 Å². The molecule has 0 fully saturated rings. The fourth-order valence-corrected chi connectivity index (χ4v) is 1.87. The lowest BCUT2D eigenvalue weighted by Crippen LogP contribution is -2.15. The first-order chi connectivity index (χ1) is 9.77. The van der Waals surface area contributed by atoms with Crippen LogP contribution in [0.5, 0.6) is 0 Å². The number of nitrogens with zero attached hydrogens (tertiary/aromatic N) is 1. The summed E-state index contributed by atoms with van der Waals surface area (Å²) < 4.78 is 37.8. The Balaban J connectivity index is 2.19. The van der Waals surface area contributed by atoms with Crippen LogP contribution in [0.25, 0.3) is 0 Å². The zero-order valence-electron chi connectivity index (χ0n) is 10.4. The van der Waals surface area contributed by atoms with Gasteiger partial charge in [0, 0.05) is 16.4 Å². The Kier molecular flexibility index (Phi) is 4.17. The molecule has 8 heteroatoms. The number of pyridine rings is 1. The first kappa shape index (κ1) is 15.3. The maximum atomic E-state index is 12.4. The molecule has 0 saturated carbocycles. The molecule has 2 aromatic rings. The van der Waals surface area contributed by atoms with Crippen molar-refractivity contribution in [3.63, 3.8) is 0 Å². The van der Waals surface area contributed by atoms with Gasteiger partial charge in [-0.15, -0.1) is 0 Å². The molecule has 1 amide bonds. The van der Waals surface area contributed by atoms with Crippen LogP contribution < -0.4 is 11.1 Å². The number of nitrogen functional groups attached to an aromatic ring is 1. The predicted octanol–water partition coefficient (Wildman–Crippen LogP) is 3.70. The Morgan fingerprint density at radius 3 is 2.52 bits per heavy atom. The second-order valence-electron chi connectivity index (χ2n) is 4.12. The molecule has 0 bridgehead atoms. The van der Waals surface area contributed by atoms with Crippen LogP contribution in [0.4, 0.5) is 24.5 Å². The first-order valence-electron chi connectivity index (χ1n) is 5.67. The van der Waals surface area contributed by atoms with E-state index in [9.17, 15) is 18.0 Å². The number of carbonyl (C=O) groups is 1. The second kappa shape index (κ2) is 5.72. The highest BCUT2D eigenvalue weighted by Gasteiger charge is 2.30. The average Bonchev–Trinajstić information content (AvgIpc) is 2.42. The zero-order chi connectivity index (χ0) is 15.6. The lowest BCUT2D eigenvalue weighted by molar-refractivity contribution is -0.137. The van der Waals surface area contributed by atoms with E-state index in [4.69, 9.17) is 5.73 Å². The second-order valence-corrected chi connectivity index (χ2v) is 4.98. The molecule has 1 aromatic heterocycles. The van der Waals surface area contributed by atoms with Crippen molar-refractivity contribution in [3.8, 4) is 0 Å². The summed E-state index contributed by atoms with van der Waals surface area (Å²) in [6.07, 6.45) is -3.87. The molecule has 0 unspecified atom stereocenters. The molecule has 0 aliphatic rings. The van der Waals surface area contributed by atoms with Crippen molar-refractivity contribution in [1.82, 2.24) is 4.98 Å². The average molecular weight is 360 g/mol. The topological polar surface area (TPSA) is 68.0 Å². The van der Waals surface area contributed by atoms with E-state index in [-0.39, 0.29) is 5.69 Å². The lowest BCUT2D eigenvalue weighted by atomic mass is 10.2. The molecule has 1 heterocycles. The van der Waals surface area contributed by atoms with Crippen LogP contribution in [-0.2, 0) is 6.18 Å². The van der Waals surface area contributed by atoms with Gasteiger partial charge in [0.1, 0.15) is 5.69 Å². The number of hydrogen-bond donors (Lipinski definition) is 2. The van der Waals surface area contributed by atoms with Gasteiger partial charge in [-0.25, -0.2) is 0 Å². The Hall–Kier alpha value is -2.09. The van der Waals surface area contributed by atoms with Crippen molar-refractivity contribution in [2.24, 2.45) is 0 Å². The fraction of sp³-hybridized carbons (Fsp3) is 0.0769. The smallest absolute Gasteiger partial charge is 0.399 e. The maximum absolute atomic E-state index is 12.4. The Morgan fingerprint density at radius 1 is 1.24 bits per heavy atom. The number of halogens is 4. The molecule has 1 aromatic carbocycles. The van der Waals surface area contributed by atoms with Crippen LogP contribution in [0.1, 0.15) is 16.1 Å². The van der Waals surface area contributed by atoms with Crippen LogP contribution >= 0.6 is 15.9 Å². The quantitative estimate of drug-likeness (QED) is 0.803. The molecular weight excluding hydrogens is 351 g/mol. The highest BCUT2D eigenvalue weighted by Crippen LogP contribution is 2.29. The summed E-state index contributed by atoms with van der Waals surface area (Å²) in [5.74, 6) is -0.630. The molecule has 0 saturated heterocycles. The minimum absolute atomic E-state index is 0.127. The number of nitrogens with one attached hydrogen (secondary N) is 1. The zero-order valence-corrected chi connectivity index (χ0v) is 12.0. The molecule has 110 valence electrons. The van der Waals surface area contributed by atoms with Gasteiger partial charge < -0.3 is 11.1 Å². The minimum atomic E-state index is -4.49. The van der Waals surface area contributed by atoms with Gasteiger partial charge in [0.15, 0.2) is 0 Å². The number of anilines is 2. The molecule has 0 radical (unpaired) electrons. The number of alkyl halides is 3. The van der Waals surface area contributed by atoms with Gasteiger partial charge in [-0.3, -0.25) is 9.78 Å². The van der Waals surface area contributed by atoms with Crippen LogP contribution in [-0.4, -0.2) is 10.9 Å². The number of benzene rings is 1. The SMILES string of the molecule is Nc1ccc(Br)c(NC(=O)c2ccc(C(F)(F)F)cn2)c1. The summed E-state index contributed by atoms with van der Waals surface area (Å²) >= 11 is 3.23. The molecule has 2 rings (SSSR count). The van der Waals surface area contributed by atoms with Gasteiger partial charge in [0.25, 0.3) is 5.91 Å². The third-order valence-corrected chi connectivity index (χ3v) is 3.25. The summed E-state index contributed by atoms with van der Waals surface area (Å²) in [5, 5.41) is 2.52. The van der Waals surface area contributed by atoms with Gasteiger partial charge in [-0.05, 0) is 46.3 Å². The van der Waals surface area contributed by atoms with E-state index in [1.807, 2.05) is 0 Å². The molecule has 21 heavy (non-hydrogen) atoms. The largest absolute Gasteiger partial charge is 0.417 e. The van der Waals surface area contributed by atoms with E-state index in [2.05, 4.69) is 26.2 Å². The molecular formula is C13H9BrF3N3O. The van der Waals surface area contributed by atoms with Crippen LogP contribution in [0.3, 0.4) is 0 Å². The van der Waals surface area contributed by atoms with Crippen molar-refractivity contribution >= 4 is 33.2 Å². The third kappa shape index (κ3) is 3.72. The van der Waals surface area contributed by atoms with Crippen LogP contribution in [0.15, 0.2) is 41.0 Å². The molecule has 0 aliphatic carbocycles. The van der Waals surface area contributed by atoms with Crippen molar-refractivity contribution in [1.29, 1.82) is 0 Å². The number of rotatable bonds is 2. The minimum Gasteiger partial charge on any atom is -0.399 e. The number of carbonyl (C=O) groups excluding carboxylic acids is 1.